The second-order valence-corrected chi connectivity index (χ2v) is 3.79. The maximum absolute atomic E-state index is 5.62. The molecule has 11 heteroatoms. The van der Waals surface area contributed by atoms with E-state index < -0.39 is 0 Å². The maximum atomic E-state index is 5.62. The molecule has 0 radical (unpaired) electrons. The fraction of sp³-hybridized carbons (Fsp3) is 0.429. The number of rotatable bonds is 4. The van der Waals surface area contributed by atoms with Gasteiger partial charge in [-0.2, -0.15) is 9.97 Å². The molecule has 0 fully saturated rings. The fourth-order valence-electron chi connectivity index (χ4n) is 1.45. The predicted octanol–water partition coefficient (Wildman–Crippen LogP) is -2.25. The summed E-state index contributed by atoms with van der Waals surface area (Å²) in [5.41, 5.74) is 22.1. The topological polar surface area (TPSA) is 169 Å². The van der Waals surface area contributed by atoms with Crippen molar-refractivity contribution in [1.82, 2.24) is 34.4 Å². The normalized spacial score (nSPS) is 11.2. The molecule has 0 spiro atoms. The van der Waals surface area contributed by atoms with Crippen LogP contribution in [0.4, 0.5) is 23.8 Å². The zero-order valence-electron chi connectivity index (χ0n) is 9.85. The van der Waals surface area contributed by atoms with Crippen molar-refractivity contribution in [2.45, 2.75) is 13.3 Å². The zero-order valence-corrected chi connectivity index (χ0v) is 9.85. The fourth-order valence-corrected chi connectivity index (χ4v) is 1.45. The number of nitrogen functional groups attached to an aromatic ring is 4. The number of hydrogen-bond donors (Lipinski definition) is 4. The first-order chi connectivity index (χ1) is 8.45. The maximum Gasteiger partial charge on any atom is 0.241 e. The van der Waals surface area contributed by atoms with E-state index in [4.69, 9.17) is 22.9 Å². The number of anilines is 4. The van der Waals surface area contributed by atoms with Crippen molar-refractivity contribution >= 4 is 23.8 Å². The second kappa shape index (κ2) is 4.37. The summed E-state index contributed by atoms with van der Waals surface area (Å²) in [4.78, 5) is 9.43. The third-order valence-electron chi connectivity index (χ3n) is 2.18. The highest BCUT2D eigenvalue weighted by molar-refractivity contribution is 5.26. The van der Waals surface area contributed by atoms with E-state index in [0.29, 0.717) is 13.3 Å². The molecular formula is C7H15N11. The second-order valence-electron chi connectivity index (χ2n) is 3.79. The summed E-state index contributed by atoms with van der Waals surface area (Å²) >= 11 is 0. The molecule has 0 bridgehead atoms. The Morgan fingerprint density at radius 3 is 1.56 bits per heavy atom. The summed E-state index contributed by atoms with van der Waals surface area (Å²) in [6.07, 6.45) is 0. The first-order valence-corrected chi connectivity index (χ1v) is 5.06. The summed E-state index contributed by atoms with van der Waals surface area (Å²) in [7, 11) is 1.83. The zero-order chi connectivity index (χ0) is 13.3. The van der Waals surface area contributed by atoms with E-state index in [1.807, 2.05) is 11.9 Å². The third kappa shape index (κ3) is 2.40. The molecule has 0 saturated carbocycles. The van der Waals surface area contributed by atoms with E-state index in [9.17, 15) is 0 Å². The standard InChI is InChI=1S/C7H15N11/c1-16(2-17-6(10)12-4(8)14-17)3-18-7(11)13-5(9)15-18/h2-3H2,1H3,(H4,8,10,12,14)(H4,9,11,13,15). The molecule has 11 nitrogen and oxygen atoms in total. The minimum absolute atomic E-state index is 0.130. The van der Waals surface area contributed by atoms with Crippen LogP contribution in [0.15, 0.2) is 0 Å². The lowest BCUT2D eigenvalue weighted by Gasteiger charge is -2.16. The van der Waals surface area contributed by atoms with Gasteiger partial charge in [0.25, 0.3) is 0 Å². The summed E-state index contributed by atoms with van der Waals surface area (Å²) in [5.74, 6) is 0.742. The molecule has 0 amide bonds. The molecule has 8 N–H and O–H groups in total. The monoisotopic (exact) mass is 253 g/mol. The highest BCUT2D eigenvalue weighted by Crippen LogP contribution is 2.05. The number of hydrogen-bond acceptors (Lipinski definition) is 9. The van der Waals surface area contributed by atoms with Crippen LogP contribution in [0.5, 0.6) is 0 Å². The smallest absolute Gasteiger partial charge is 0.241 e. The average molecular weight is 253 g/mol. The van der Waals surface area contributed by atoms with Crippen LogP contribution in [0, 0.1) is 0 Å². The lowest BCUT2D eigenvalue weighted by Crippen LogP contribution is -2.27. The molecule has 0 aliphatic rings. The Bertz CT molecular complexity index is 491. The Balaban J connectivity index is 2.03. The van der Waals surface area contributed by atoms with Crippen molar-refractivity contribution in [3.8, 4) is 0 Å². The molecule has 0 unspecified atom stereocenters. The van der Waals surface area contributed by atoms with Crippen LogP contribution in [-0.4, -0.2) is 41.5 Å². The third-order valence-corrected chi connectivity index (χ3v) is 2.18. The summed E-state index contributed by atoms with van der Waals surface area (Å²) < 4.78 is 2.93. The molecule has 0 aliphatic carbocycles. The molecule has 18 heavy (non-hydrogen) atoms. The van der Waals surface area contributed by atoms with Crippen LogP contribution in [0.1, 0.15) is 0 Å². The van der Waals surface area contributed by atoms with Crippen molar-refractivity contribution in [2.24, 2.45) is 0 Å². The van der Waals surface area contributed by atoms with Crippen molar-refractivity contribution in [1.29, 1.82) is 0 Å². The Morgan fingerprint density at radius 2 is 1.28 bits per heavy atom. The molecule has 0 aliphatic heterocycles. The summed E-state index contributed by atoms with van der Waals surface area (Å²) in [6, 6.07) is 0. The Morgan fingerprint density at radius 1 is 0.889 bits per heavy atom. The van der Waals surface area contributed by atoms with Gasteiger partial charge in [0.05, 0.1) is 13.3 Å². The lowest BCUT2D eigenvalue weighted by atomic mass is 10.7. The van der Waals surface area contributed by atoms with Crippen LogP contribution >= 0.6 is 0 Å². The quantitative estimate of drug-likeness (QED) is 0.469. The predicted molar refractivity (Wildman–Crippen MR) is 65.5 cm³/mol. The van der Waals surface area contributed by atoms with Crippen LogP contribution in [0.25, 0.3) is 0 Å². The van der Waals surface area contributed by atoms with E-state index >= 15 is 0 Å². The van der Waals surface area contributed by atoms with Crippen molar-refractivity contribution in [3.05, 3.63) is 0 Å². The van der Waals surface area contributed by atoms with Gasteiger partial charge in [-0.15, -0.1) is 10.2 Å². The average Bonchev–Trinajstić information content (AvgIpc) is 2.71. The molecule has 0 atom stereocenters. The molecule has 0 saturated heterocycles. The lowest BCUT2D eigenvalue weighted by molar-refractivity contribution is 0.197. The van der Waals surface area contributed by atoms with E-state index in [1.165, 1.54) is 9.36 Å². The van der Waals surface area contributed by atoms with Crippen molar-refractivity contribution in [3.63, 3.8) is 0 Å². The first kappa shape index (κ1) is 11.9. The van der Waals surface area contributed by atoms with Crippen LogP contribution < -0.4 is 22.9 Å². The number of nitrogens with two attached hydrogens (primary N) is 4. The van der Waals surface area contributed by atoms with E-state index in [0.717, 1.165) is 0 Å². The van der Waals surface area contributed by atoms with E-state index in [1.54, 1.807) is 0 Å². The van der Waals surface area contributed by atoms with Gasteiger partial charge in [0.1, 0.15) is 0 Å². The minimum atomic E-state index is 0.130. The Hall–Kier alpha value is -2.56. The molecule has 2 aromatic heterocycles. The molecule has 98 valence electrons. The van der Waals surface area contributed by atoms with Crippen LogP contribution in [-0.2, 0) is 13.3 Å². The summed E-state index contributed by atoms with van der Waals surface area (Å²) in [5, 5.41) is 7.87. The van der Waals surface area contributed by atoms with Gasteiger partial charge in [0.2, 0.25) is 23.8 Å². The van der Waals surface area contributed by atoms with Gasteiger partial charge in [-0.05, 0) is 7.05 Å². The molecule has 2 heterocycles. The van der Waals surface area contributed by atoms with Gasteiger partial charge in [0.15, 0.2) is 0 Å². The van der Waals surface area contributed by atoms with Gasteiger partial charge in [-0.25, -0.2) is 9.36 Å². The Labute approximate surface area is 102 Å². The summed E-state index contributed by atoms with van der Waals surface area (Å²) in [6.45, 7) is 0.768. The molecule has 2 rings (SSSR count). The van der Waals surface area contributed by atoms with Gasteiger partial charge in [-0.1, -0.05) is 0 Å². The molecular weight excluding hydrogens is 238 g/mol. The largest absolute Gasteiger partial charge is 0.368 e. The van der Waals surface area contributed by atoms with Gasteiger partial charge in [-0.3, -0.25) is 4.90 Å². The van der Waals surface area contributed by atoms with Gasteiger partial charge >= 0.3 is 0 Å². The van der Waals surface area contributed by atoms with E-state index in [-0.39, 0.29) is 23.8 Å². The SMILES string of the molecule is CN(Cn1nc(N)nc1N)Cn1nc(N)nc1N. The first-order valence-electron chi connectivity index (χ1n) is 5.06. The van der Waals surface area contributed by atoms with Crippen molar-refractivity contribution < 1.29 is 0 Å². The number of nitrogens with zero attached hydrogens (tertiary/aromatic N) is 7. The van der Waals surface area contributed by atoms with Gasteiger partial charge in [0, 0.05) is 0 Å². The van der Waals surface area contributed by atoms with Crippen molar-refractivity contribution in [2.75, 3.05) is 30.0 Å². The highest BCUT2D eigenvalue weighted by atomic mass is 15.5. The highest BCUT2D eigenvalue weighted by Gasteiger charge is 2.10. The minimum Gasteiger partial charge on any atom is -0.368 e. The molecule has 2 aromatic rings. The molecule has 0 aromatic carbocycles. The van der Waals surface area contributed by atoms with Gasteiger partial charge < -0.3 is 22.9 Å². The van der Waals surface area contributed by atoms with E-state index in [2.05, 4.69) is 20.2 Å². The van der Waals surface area contributed by atoms with Crippen LogP contribution in [0.3, 0.4) is 0 Å². The number of aromatic nitrogens is 6. The van der Waals surface area contributed by atoms with Crippen LogP contribution in [0.2, 0.25) is 0 Å². The Kier molecular flexibility index (Phi) is 2.89.